The second-order valence-corrected chi connectivity index (χ2v) is 3.97. The molecule has 1 saturated heterocycles. The number of piperidine rings is 1. The molecule has 94 valence electrons. The number of ether oxygens (including phenoxy) is 1. The zero-order valence-electron chi connectivity index (χ0n) is 10.0. The van der Waals surface area contributed by atoms with Gasteiger partial charge in [-0.05, 0) is 31.4 Å². The van der Waals surface area contributed by atoms with Gasteiger partial charge in [-0.25, -0.2) is 4.79 Å². The van der Waals surface area contributed by atoms with Crippen LogP contribution >= 0.6 is 0 Å². The number of rotatable bonds is 4. The number of aromatic nitrogens is 4. The third-order valence-corrected chi connectivity index (χ3v) is 2.66. The second-order valence-electron chi connectivity index (χ2n) is 3.97. The molecule has 0 amide bonds. The minimum Gasteiger partial charge on any atom is -0.465 e. The molecule has 7 heteroatoms. The van der Waals surface area contributed by atoms with Crippen molar-refractivity contribution in [1.82, 2.24) is 20.2 Å². The van der Waals surface area contributed by atoms with Crippen LogP contribution < -0.4 is 4.90 Å². The first-order valence-corrected chi connectivity index (χ1v) is 5.98. The van der Waals surface area contributed by atoms with E-state index >= 15 is 0 Å². The molecule has 0 bridgehead atoms. The standard InChI is InChI=1S/C10H17N5O2/c1-2-17-9(16)8-15-12-10(11-13-15)14-6-4-3-5-7-14/h2-8H2,1H3. The van der Waals surface area contributed by atoms with Crippen molar-refractivity contribution in [3.63, 3.8) is 0 Å². The summed E-state index contributed by atoms with van der Waals surface area (Å²) in [5.41, 5.74) is 0. The van der Waals surface area contributed by atoms with Gasteiger partial charge in [0, 0.05) is 13.1 Å². The SMILES string of the molecule is CCOC(=O)Cn1nnc(N2CCCCC2)n1. The molecule has 0 saturated carbocycles. The van der Waals surface area contributed by atoms with Crippen LogP contribution in [0.2, 0.25) is 0 Å². The van der Waals surface area contributed by atoms with Crippen LogP contribution in [0.3, 0.4) is 0 Å². The first-order chi connectivity index (χ1) is 8.29. The molecule has 1 aromatic rings. The molecule has 1 aliphatic heterocycles. The highest BCUT2D eigenvalue weighted by Crippen LogP contribution is 2.13. The minimum absolute atomic E-state index is 0.0225. The summed E-state index contributed by atoms with van der Waals surface area (Å²) in [6.07, 6.45) is 3.58. The van der Waals surface area contributed by atoms with E-state index in [0.29, 0.717) is 12.6 Å². The first-order valence-electron chi connectivity index (χ1n) is 5.98. The summed E-state index contributed by atoms with van der Waals surface area (Å²) in [5, 5.41) is 12.0. The minimum atomic E-state index is -0.338. The predicted octanol–water partition coefficient (Wildman–Crippen LogP) is 0.226. The van der Waals surface area contributed by atoms with Crippen LogP contribution in [0, 0.1) is 0 Å². The van der Waals surface area contributed by atoms with E-state index in [9.17, 15) is 4.79 Å². The molecule has 0 radical (unpaired) electrons. The Balaban J connectivity index is 1.93. The number of hydrogen-bond donors (Lipinski definition) is 0. The lowest BCUT2D eigenvalue weighted by molar-refractivity contribution is -0.144. The molecule has 1 aromatic heterocycles. The van der Waals surface area contributed by atoms with Gasteiger partial charge in [-0.15, -0.1) is 5.10 Å². The number of carbonyl (C=O) groups excluding carboxylic acids is 1. The topological polar surface area (TPSA) is 73.1 Å². The lowest BCUT2D eigenvalue weighted by atomic mass is 10.1. The van der Waals surface area contributed by atoms with E-state index in [1.165, 1.54) is 11.2 Å². The van der Waals surface area contributed by atoms with Crippen LogP contribution in [-0.4, -0.2) is 45.9 Å². The Labute approximate surface area is 99.7 Å². The van der Waals surface area contributed by atoms with Crippen molar-refractivity contribution < 1.29 is 9.53 Å². The number of anilines is 1. The molecule has 1 fully saturated rings. The maximum Gasteiger partial charge on any atom is 0.329 e. The quantitative estimate of drug-likeness (QED) is 0.700. The first kappa shape index (κ1) is 11.8. The molecular formula is C10H17N5O2. The maximum atomic E-state index is 11.2. The van der Waals surface area contributed by atoms with Crippen LogP contribution in [0.1, 0.15) is 26.2 Å². The van der Waals surface area contributed by atoms with Gasteiger partial charge in [0.2, 0.25) is 0 Å². The van der Waals surface area contributed by atoms with E-state index in [4.69, 9.17) is 4.74 Å². The summed E-state index contributed by atoms with van der Waals surface area (Å²) in [5.74, 6) is 0.268. The van der Waals surface area contributed by atoms with Crippen molar-refractivity contribution in [1.29, 1.82) is 0 Å². The summed E-state index contributed by atoms with van der Waals surface area (Å²) in [4.78, 5) is 14.6. The van der Waals surface area contributed by atoms with Gasteiger partial charge in [0.1, 0.15) is 0 Å². The van der Waals surface area contributed by atoms with E-state index in [2.05, 4.69) is 20.3 Å². The summed E-state index contributed by atoms with van der Waals surface area (Å²) < 4.78 is 4.82. The Hall–Kier alpha value is -1.66. The van der Waals surface area contributed by atoms with Gasteiger partial charge in [0.05, 0.1) is 6.61 Å². The average Bonchev–Trinajstić information content (AvgIpc) is 2.79. The van der Waals surface area contributed by atoms with Crippen LogP contribution in [-0.2, 0) is 16.1 Å². The fourth-order valence-corrected chi connectivity index (χ4v) is 1.84. The lowest BCUT2D eigenvalue weighted by Crippen LogP contribution is -2.30. The Morgan fingerprint density at radius 1 is 1.35 bits per heavy atom. The molecule has 2 rings (SSSR count). The summed E-state index contributed by atoms with van der Waals surface area (Å²) >= 11 is 0. The molecule has 0 aromatic carbocycles. The number of carbonyl (C=O) groups is 1. The van der Waals surface area contributed by atoms with E-state index in [1.54, 1.807) is 6.92 Å². The molecule has 0 N–H and O–H groups in total. The third-order valence-electron chi connectivity index (χ3n) is 2.66. The number of hydrogen-bond acceptors (Lipinski definition) is 6. The molecule has 0 atom stereocenters. The Kier molecular flexibility index (Phi) is 3.89. The van der Waals surface area contributed by atoms with Crippen LogP contribution in [0.5, 0.6) is 0 Å². The Bertz CT molecular complexity index is 373. The van der Waals surface area contributed by atoms with E-state index < -0.39 is 0 Å². The second kappa shape index (κ2) is 5.60. The van der Waals surface area contributed by atoms with Crippen molar-refractivity contribution in [2.45, 2.75) is 32.7 Å². The van der Waals surface area contributed by atoms with Gasteiger partial charge in [0.15, 0.2) is 6.54 Å². The van der Waals surface area contributed by atoms with Crippen LogP contribution in [0.15, 0.2) is 0 Å². The molecule has 2 heterocycles. The molecule has 17 heavy (non-hydrogen) atoms. The highest BCUT2D eigenvalue weighted by molar-refractivity contribution is 5.68. The highest BCUT2D eigenvalue weighted by Gasteiger charge is 2.16. The predicted molar refractivity (Wildman–Crippen MR) is 60.5 cm³/mol. The number of esters is 1. The van der Waals surface area contributed by atoms with Gasteiger partial charge in [0.25, 0.3) is 5.95 Å². The monoisotopic (exact) mass is 239 g/mol. The highest BCUT2D eigenvalue weighted by atomic mass is 16.5. The molecule has 7 nitrogen and oxygen atoms in total. The average molecular weight is 239 g/mol. The van der Waals surface area contributed by atoms with Gasteiger partial charge in [-0.3, -0.25) is 0 Å². The lowest BCUT2D eigenvalue weighted by Gasteiger charge is -2.24. The van der Waals surface area contributed by atoms with Crippen molar-refractivity contribution in [3.05, 3.63) is 0 Å². The van der Waals surface area contributed by atoms with Crippen LogP contribution in [0.4, 0.5) is 5.95 Å². The van der Waals surface area contributed by atoms with Gasteiger partial charge in [-0.2, -0.15) is 4.80 Å². The third kappa shape index (κ3) is 3.15. The molecular weight excluding hydrogens is 222 g/mol. The van der Waals surface area contributed by atoms with Gasteiger partial charge in [-0.1, -0.05) is 5.10 Å². The summed E-state index contributed by atoms with van der Waals surface area (Å²) in [7, 11) is 0. The van der Waals surface area contributed by atoms with Crippen molar-refractivity contribution in [2.75, 3.05) is 24.6 Å². The number of tetrazole rings is 1. The zero-order valence-corrected chi connectivity index (χ0v) is 10.0. The largest absolute Gasteiger partial charge is 0.465 e. The number of nitrogens with zero attached hydrogens (tertiary/aromatic N) is 5. The Morgan fingerprint density at radius 2 is 2.12 bits per heavy atom. The van der Waals surface area contributed by atoms with Crippen molar-refractivity contribution >= 4 is 11.9 Å². The van der Waals surface area contributed by atoms with E-state index in [-0.39, 0.29) is 12.5 Å². The fourth-order valence-electron chi connectivity index (χ4n) is 1.84. The Morgan fingerprint density at radius 3 is 2.82 bits per heavy atom. The normalized spacial score (nSPS) is 15.9. The summed E-state index contributed by atoms with van der Waals surface area (Å²) in [6, 6.07) is 0. The van der Waals surface area contributed by atoms with Crippen LogP contribution in [0.25, 0.3) is 0 Å². The van der Waals surface area contributed by atoms with E-state index in [0.717, 1.165) is 25.9 Å². The molecule has 1 aliphatic rings. The smallest absolute Gasteiger partial charge is 0.329 e. The molecule has 0 spiro atoms. The van der Waals surface area contributed by atoms with Crippen molar-refractivity contribution in [3.8, 4) is 0 Å². The van der Waals surface area contributed by atoms with Gasteiger partial charge >= 0.3 is 5.97 Å². The van der Waals surface area contributed by atoms with Gasteiger partial charge < -0.3 is 9.64 Å². The molecule has 0 aliphatic carbocycles. The maximum absolute atomic E-state index is 11.2. The zero-order chi connectivity index (χ0) is 12.1. The van der Waals surface area contributed by atoms with E-state index in [1.807, 2.05) is 0 Å². The summed E-state index contributed by atoms with van der Waals surface area (Å²) in [6.45, 7) is 4.09. The van der Waals surface area contributed by atoms with Crippen molar-refractivity contribution in [2.24, 2.45) is 0 Å². The molecule has 0 unspecified atom stereocenters. The fraction of sp³-hybridized carbons (Fsp3) is 0.800.